The van der Waals surface area contributed by atoms with E-state index in [1.165, 1.54) is 13.0 Å². The van der Waals surface area contributed by atoms with Crippen LogP contribution in [0.2, 0.25) is 10.2 Å². The third-order valence-electron chi connectivity index (χ3n) is 4.01. The van der Waals surface area contributed by atoms with E-state index in [9.17, 15) is 0 Å². The van der Waals surface area contributed by atoms with Gasteiger partial charge in [0.2, 0.25) is 0 Å². The fraction of sp³-hybridized carbons (Fsp3) is 0.667. The first kappa shape index (κ1) is 20.9. The van der Waals surface area contributed by atoms with Crippen molar-refractivity contribution in [1.82, 2.24) is 20.1 Å². The van der Waals surface area contributed by atoms with E-state index >= 15 is 0 Å². The molecule has 0 amide bonds. The van der Waals surface area contributed by atoms with Crippen LogP contribution < -0.4 is 10.6 Å². The molecule has 1 unspecified atom stereocenters. The van der Waals surface area contributed by atoms with Crippen LogP contribution in [0.25, 0.3) is 0 Å². The molecule has 0 bridgehead atoms. The summed E-state index contributed by atoms with van der Waals surface area (Å²) in [6.07, 6.45) is 1.24. The van der Waals surface area contributed by atoms with Gasteiger partial charge in [0.15, 0.2) is 5.96 Å². The number of hydrogen-bond acceptors (Lipinski definition) is 2. The highest BCUT2D eigenvalue weighted by atomic mass is 127. The van der Waals surface area contributed by atoms with Crippen LogP contribution in [0.1, 0.15) is 19.0 Å². The minimum Gasteiger partial charge on any atom is -0.357 e. The summed E-state index contributed by atoms with van der Waals surface area (Å²) in [5.41, 5.74) is 0.993. The summed E-state index contributed by atoms with van der Waals surface area (Å²) in [5, 5.41) is 7.84. The number of nitrogens with zero attached hydrogens (tertiary/aromatic N) is 3. The van der Waals surface area contributed by atoms with Crippen molar-refractivity contribution >= 4 is 53.1 Å². The second-order valence-corrected chi connectivity index (χ2v) is 6.59. The lowest BCUT2D eigenvalue weighted by molar-refractivity contribution is 0.394. The SMILES string of the molecule is CCNC(=NCc1cc(Cl)c(Cl)n1C)NCC1CCN(C)C1.I. The van der Waals surface area contributed by atoms with E-state index in [0.29, 0.717) is 22.6 Å². The lowest BCUT2D eigenvalue weighted by Gasteiger charge is -2.15. The first-order valence-electron chi connectivity index (χ1n) is 7.71. The van der Waals surface area contributed by atoms with Crippen molar-refractivity contribution in [2.24, 2.45) is 18.0 Å². The molecule has 0 aliphatic carbocycles. The molecule has 0 radical (unpaired) electrons. The van der Waals surface area contributed by atoms with E-state index < -0.39 is 0 Å². The van der Waals surface area contributed by atoms with Crippen molar-refractivity contribution in [3.05, 3.63) is 21.9 Å². The van der Waals surface area contributed by atoms with Crippen LogP contribution in [-0.2, 0) is 13.6 Å². The van der Waals surface area contributed by atoms with Crippen molar-refractivity contribution in [1.29, 1.82) is 0 Å². The fourth-order valence-electron chi connectivity index (χ4n) is 2.68. The Labute approximate surface area is 165 Å². The fourth-order valence-corrected chi connectivity index (χ4v) is 3.09. The second-order valence-electron chi connectivity index (χ2n) is 5.83. The van der Waals surface area contributed by atoms with Crippen molar-refractivity contribution < 1.29 is 0 Å². The zero-order valence-electron chi connectivity index (χ0n) is 13.9. The normalized spacial score (nSPS) is 18.8. The van der Waals surface area contributed by atoms with Gasteiger partial charge >= 0.3 is 0 Å². The van der Waals surface area contributed by atoms with E-state index in [4.69, 9.17) is 23.2 Å². The minimum atomic E-state index is 0. The van der Waals surface area contributed by atoms with Crippen LogP contribution in [-0.4, -0.2) is 48.7 Å². The Hall–Kier alpha value is -0.180. The molecule has 8 heteroatoms. The molecule has 23 heavy (non-hydrogen) atoms. The molecule has 1 fully saturated rings. The van der Waals surface area contributed by atoms with Gasteiger partial charge < -0.3 is 20.1 Å². The molecule has 132 valence electrons. The molecular formula is C15H26Cl2IN5. The lowest BCUT2D eigenvalue weighted by atomic mass is 10.1. The number of aliphatic imine (C=N–C) groups is 1. The quantitative estimate of drug-likeness (QED) is 0.392. The Morgan fingerprint density at radius 1 is 1.35 bits per heavy atom. The van der Waals surface area contributed by atoms with Crippen molar-refractivity contribution in [2.75, 3.05) is 33.2 Å². The molecule has 0 aromatic carbocycles. The van der Waals surface area contributed by atoms with Crippen molar-refractivity contribution in [3.8, 4) is 0 Å². The van der Waals surface area contributed by atoms with E-state index in [-0.39, 0.29) is 24.0 Å². The van der Waals surface area contributed by atoms with Gasteiger partial charge in [-0.15, -0.1) is 24.0 Å². The largest absolute Gasteiger partial charge is 0.357 e. The van der Waals surface area contributed by atoms with Crippen LogP contribution >= 0.6 is 47.2 Å². The average Bonchev–Trinajstić information content (AvgIpc) is 3.01. The summed E-state index contributed by atoms with van der Waals surface area (Å²) >= 11 is 12.1. The van der Waals surface area contributed by atoms with Crippen molar-refractivity contribution in [2.45, 2.75) is 19.9 Å². The number of guanidine groups is 1. The molecule has 5 nitrogen and oxygen atoms in total. The van der Waals surface area contributed by atoms with Gasteiger partial charge in [-0.1, -0.05) is 23.2 Å². The molecule has 1 aliphatic rings. The average molecular weight is 474 g/mol. The summed E-state index contributed by atoms with van der Waals surface area (Å²) in [7, 11) is 4.07. The number of halogens is 3. The van der Waals surface area contributed by atoms with Crippen molar-refractivity contribution in [3.63, 3.8) is 0 Å². The molecule has 2 heterocycles. The van der Waals surface area contributed by atoms with Gasteiger partial charge in [0.1, 0.15) is 5.15 Å². The number of hydrogen-bond donors (Lipinski definition) is 2. The maximum atomic E-state index is 6.08. The number of aromatic nitrogens is 1. The van der Waals surface area contributed by atoms with Crippen LogP contribution in [0.3, 0.4) is 0 Å². The standard InChI is InChI=1S/C15H25Cl2N5.HI/c1-4-18-15(19-8-11-5-6-21(2)10-11)20-9-12-7-13(16)14(17)22(12)3;/h7,11H,4-6,8-10H2,1-3H3,(H2,18,19,20);1H. The topological polar surface area (TPSA) is 44.6 Å². The molecule has 1 aromatic heterocycles. The predicted molar refractivity (Wildman–Crippen MR) is 109 cm³/mol. The van der Waals surface area contributed by atoms with Crippen LogP contribution in [0.5, 0.6) is 0 Å². The maximum Gasteiger partial charge on any atom is 0.191 e. The molecule has 1 aromatic rings. The highest BCUT2D eigenvalue weighted by molar-refractivity contribution is 14.0. The summed E-state index contributed by atoms with van der Waals surface area (Å²) in [5.74, 6) is 1.53. The number of rotatable bonds is 5. The van der Waals surface area contributed by atoms with E-state index in [1.807, 2.05) is 17.7 Å². The Morgan fingerprint density at radius 3 is 2.61 bits per heavy atom. The predicted octanol–water partition coefficient (Wildman–Crippen LogP) is 2.96. The summed E-state index contributed by atoms with van der Waals surface area (Å²) in [6.45, 7) is 6.73. The van der Waals surface area contributed by atoms with Gasteiger partial charge in [-0.05, 0) is 38.9 Å². The van der Waals surface area contributed by atoms with E-state index in [2.05, 4.69) is 34.5 Å². The van der Waals surface area contributed by atoms with E-state index in [0.717, 1.165) is 31.3 Å². The van der Waals surface area contributed by atoms with Gasteiger partial charge in [-0.3, -0.25) is 0 Å². The zero-order valence-corrected chi connectivity index (χ0v) is 17.7. The van der Waals surface area contributed by atoms with Crippen LogP contribution in [0, 0.1) is 5.92 Å². The zero-order chi connectivity index (χ0) is 16.1. The van der Waals surface area contributed by atoms with Gasteiger partial charge in [0.05, 0.1) is 11.6 Å². The van der Waals surface area contributed by atoms with E-state index in [1.54, 1.807) is 0 Å². The minimum absolute atomic E-state index is 0. The molecular weight excluding hydrogens is 448 g/mol. The monoisotopic (exact) mass is 473 g/mol. The van der Waals surface area contributed by atoms with Crippen LogP contribution in [0.15, 0.2) is 11.1 Å². The lowest BCUT2D eigenvalue weighted by Crippen LogP contribution is -2.40. The highest BCUT2D eigenvalue weighted by Crippen LogP contribution is 2.25. The summed E-state index contributed by atoms with van der Waals surface area (Å²) in [6, 6.07) is 1.86. The molecule has 2 rings (SSSR count). The second kappa shape index (κ2) is 9.96. The molecule has 1 saturated heterocycles. The molecule has 0 saturated carbocycles. The Bertz CT molecular complexity index is 532. The van der Waals surface area contributed by atoms with Gasteiger partial charge in [0.25, 0.3) is 0 Å². The molecule has 0 spiro atoms. The Balaban J connectivity index is 0.00000264. The Kier molecular flexibility index (Phi) is 9.03. The molecule has 1 aliphatic heterocycles. The maximum absolute atomic E-state index is 6.08. The third kappa shape index (κ3) is 5.99. The van der Waals surface area contributed by atoms with Gasteiger partial charge in [-0.2, -0.15) is 0 Å². The Morgan fingerprint density at radius 2 is 2.09 bits per heavy atom. The summed E-state index contributed by atoms with van der Waals surface area (Å²) < 4.78 is 1.86. The first-order valence-corrected chi connectivity index (χ1v) is 8.47. The molecule has 1 atom stereocenters. The number of likely N-dealkylation sites (tertiary alicyclic amines) is 1. The van der Waals surface area contributed by atoms with Gasteiger partial charge in [-0.25, -0.2) is 4.99 Å². The van der Waals surface area contributed by atoms with Gasteiger partial charge in [0, 0.05) is 32.4 Å². The summed E-state index contributed by atoms with van der Waals surface area (Å²) in [4.78, 5) is 6.99. The smallest absolute Gasteiger partial charge is 0.191 e. The third-order valence-corrected chi connectivity index (χ3v) is 4.85. The van der Waals surface area contributed by atoms with Crippen LogP contribution in [0.4, 0.5) is 0 Å². The highest BCUT2D eigenvalue weighted by Gasteiger charge is 2.19. The first-order chi connectivity index (χ1) is 10.5. The number of nitrogens with one attached hydrogen (secondary N) is 2. The molecule has 2 N–H and O–H groups in total.